The minimum Gasteiger partial charge on any atom is -0.352 e. The highest BCUT2D eigenvalue weighted by molar-refractivity contribution is 5.79. The first-order valence-corrected chi connectivity index (χ1v) is 7.80. The summed E-state index contributed by atoms with van der Waals surface area (Å²) >= 11 is 0. The van der Waals surface area contributed by atoms with Crippen LogP contribution in [-0.4, -0.2) is 15.7 Å². The number of aromatic nitrogens is 2. The van der Waals surface area contributed by atoms with E-state index in [0.29, 0.717) is 6.54 Å². The molecule has 1 aromatic carbocycles. The van der Waals surface area contributed by atoms with Crippen LogP contribution >= 0.6 is 0 Å². The number of nitrogens with one attached hydrogen (secondary N) is 1. The summed E-state index contributed by atoms with van der Waals surface area (Å²) in [7, 11) is 0. The molecule has 1 heterocycles. The van der Waals surface area contributed by atoms with Crippen molar-refractivity contribution in [3.63, 3.8) is 0 Å². The summed E-state index contributed by atoms with van der Waals surface area (Å²) in [6.45, 7) is 1.31. The normalized spacial score (nSPS) is 17.4. The fourth-order valence-corrected chi connectivity index (χ4v) is 2.81. The lowest BCUT2D eigenvalue weighted by atomic mass is 9.93. The second-order valence-electron chi connectivity index (χ2n) is 5.67. The number of carbonyl (C=O) groups is 1. The molecule has 0 unspecified atom stereocenters. The van der Waals surface area contributed by atoms with Crippen LogP contribution in [0.25, 0.3) is 0 Å². The molecule has 4 heteroatoms. The molecular weight excluding hydrogens is 274 g/mol. The average Bonchev–Trinajstić information content (AvgIpc) is 3.07. The summed E-state index contributed by atoms with van der Waals surface area (Å²) in [5.41, 5.74) is 2.34. The van der Waals surface area contributed by atoms with Crippen molar-refractivity contribution in [3.05, 3.63) is 66.0 Å². The Bertz CT molecular complexity index is 646. The number of benzene rings is 1. The number of rotatable bonds is 5. The number of amides is 1. The van der Waals surface area contributed by atoms with Crippen molar-refractivity contribution in [2.24, 2.45) is 5.92 Å². The molecule has 1 aliphatic carbocycles. The minimum absolute atomic E-state index is 0.128. The second kappa shape index (κ2) is 7.07. The van der Waals surface area contributed by atoms with Gasteiger partial charge in [-0.15, -0.1) is 0 Å². The van der Waals surface area contributed by atoms with E-state index in [-0.39, 0.29) is 11.8 Å². The quantitative estimate of drug-likeness (QED) is 0.862. The van der Waals surface area contributed by atoms with Crippen molar-refractivity contribution in [3.8, 4) is 0 Å². The van der Waals surface area contributed by atoms with E-state index in [2.05, 4.69) is 34.7 Å². The number of hydrogen-bond donors (Lipinski definition) is 1. The largest absolute Gasteiger partial charge is 0.352 e. The summed E-state index contributed by atoms with van der Waals surface area (Å²) in [6, 6.07) is 10.1. The summed E-state index contributed by atoms with van der Waals surface area (Å²) in [5.74, 6) is 0.293. The molecular formula is C18H21N3O. The first-order valence-electron chi connectivity index (χ1n) is 7.80. The molecule has 0 radical (unpaired) electrons. The van der Waals surface area contributed by atoms with Crippen LogP contribution in [0.5, 0.6) is 0 Å². The lowest BCUT2D eigenvalue weighted by molar-refractivity contribution is -0.125. The predicted molar refractivity (Wildman–Crippen MR) is 86.1 cm³/mol. The molecule has 0 saturated heterocycles. The minimum atomic E-state index is 0.128. The van der Waals surface area contributed by atoms with Gasteiger partial charge in [0.15, 0.2) is 0 Å². The van der Waals surface area contributed by atoms with Crippen LogP contribution in [0, 0.1) is 5.92 Å². The van der Waals surface area contributed by atoms with Crippen LogP contribution in [0.1, 0.15) is 30.4 Å². The molecule has 0 fully saturated rings. The smallest absolute Gasteiger partial charge is 0.223 e. The van der Waals surface area contributed by atoms with Crippen LogP contribution in [0.4, 0.5) is 0 Å². The standard InChI is InChI=1S/C18H21N3O/c22-18(15-7-2-1-3-8-15)19-13-16-9-4-5-10-17(16)14-21-12-6-11-20-21/h1-2,4-6,9-12,15H,3,7-8,13-14H2,(H,19,22)/t15-/m1/s1. The van der Waals surface area contributed by atoms with E-state index in [1.807, 2.05) is 29.1 Å². The first kappa shape index (κ1) is 14.6. The van der Waals surface area contributed by atoms with E-state index in [1.165, 1.54) is 5.56 Å². The zero-order valence-electron chi connectivity index (χ0n) is 12.6. The van der Waals surface area contributed by atoms with E-state index in [9.17, 15) is 4.79 Å². The van der Waals surface area contributed by atoms with Crippen LogP contribution in [-0.2, 0) is 17.9 Å². The van der Waals surface area contributed by atoms with Gasteiger partial charge in [0.25, 0.3) is 0 Å². The highest BCUT2D eigenvalue weighted by atomic mass is 16.1. The van der Waals surface area contributed by atoms with Gasteiger partial charge in [-0.3, -0.25) is 9.48 Å². The molecule has 1 atom stereocenters. The Morgan fingerprint density at radius 2 is 2.09 bits per heavy atom. The van der Waals surface area contributed by atoms with E-state index < -0.39 is 0 Å². The first-order chi connectivity index (χ1) is 10.8. The average molecular weight is 295 g/mol. The van der Waals surface area contributed by atoms with Crippen molar-refractivity contribution in [2.45, 2.75) is 32.4 Å². The Kier molecular flexibility index (Phi) is 4.68. The van der Waals surface area contributed by atoms with E-state index in [4.69, 9.17) is 0 Å². The lowest BCUT2D eigenvalue weighted by Crippen LogP contribution is -2.31. The Balaban J connectivity index is 1.62. The van der Waals surface area contributed by atoms with Gasteiger partial charge in [0, 0.05) is 24.9 Å². The Hall–Kier alpha value is -2.36. The highest BCUT2D eigenvalue weighted by Crippen LogP contribution is 2.18. The van der Waals surface area contributed by atoms with Crippen molar-refractivity contribution in [1.29, 1.82) is 0 Å². The third-order valence-corrected chi connectivity index (χ3v) is 4.10. The number of nitrogens with zero attached hydrogens (tertiary/aromatic N) is 2. The van der Waals surface area contributed by atoms with E-state index >= 15 is 0 Å². The van der Waals surface area contributed by atoms with Crippen LogP contribution in [0.3, 0.4) is 0 Å². The molecule has 0 bridgehead atoms. The van der Waals surface area contributed by atoms with Gasteiger partial charge in [-0.05, 0) is 36.5 Å². The highest BCUT2D eigenvalue weighted by Gasteiger charge is 2.18. The zero-order valence-corrected chi connectivity index (χ0v) is 12.6. The summed E-state index contributed by atoms with van der Waals surface area (Å²) in [5, 5.41) is 7.33. The van der Waals surface area contributed by atoms with Gasteiger partial charge in [-0.1, -0.05) is 36.4 Å². The molecule has 1 N–H and O–H groups in total. The third-order valence-electron chi connectivity index (χ3n) is 4.10. The number of allylic oxidation sites excluding steroid dienone is 2. The van der Waals surface area contributed by atoms with Crippen molar-refractivity contribution in [1.82, 2.24) is 15.1 Å². The van der Waals surface area contributed by atoms with Crippen molar-refractivity contribution < 1.29 is 4.79 Å². The Labute approximate surface area is 130 Å². The molecule has 0 saturated carbocycles. The molecule has 114 valence electrons. The maximum absolute atomic E-state index is 12.2. The van der Waals surface area contributed by atoms with Crippen LogP contribution < -0.4 is 5.32 Å². The Morgan fingerprint density at radius 3 is 2.82 bits per heavy atom. The van der Waals surface area contributed by atoms with E-state index in [1.54, 1.807) is 6.20 Å². The van der Waals surface area contributed by atoms with Crippen molar-refractivity contribution >= 4 is 5.91 Å². The molecule has 1 aliphatic rings. The molecule has 1 aromatic heterocycles. The topological polar surface area (TPSA) is 46.9 Å². The van der Waals surface area contributed by atoms with Gasteiger partial charge in [0.05, 0.1) is 6.54 Å². The molecule has 1 amide bonds. The SMILES string of the molecule is O=C(NCc1ccccc1Cn1cccn1)[C@@H]1CC=CCC1. The zero-order chi connectivity index (χ0) is 15.2. The molecule has 2 aromatic rings. The fourth-order valence-electron chi connectivity index (χ4n) is 2.81. The number of hydrogen-bond acceptors (Lipinski definition) is 2. The maximum atomic E-state index is 12.2. The molecule has 0 aliphatic heterocycles. The third kappa shape index (κ3) is 3.64. The van der Waals surface area contributed by atoms with Gasteiger partial charge in [-0.25, -0.2) is 0 Å². The second-order valence-corrected chi connectivity index (χ2v) is 5.67. The Morgan fingerprint density at radius 1 is 1.23 bits per heavy atom. The van der Waals surface area contributed by atoms with Crippen LogP contribution in [0.15, 0.2) is 54.9 Å². The lowest BCUT2D eigenvalue weighted by Gasteiger charge is -2.18. The molecule has 4 nitrogen and oxygen atoms in total. The fraction of sp³-hybridized carbons (Fsp3) is 0.333. The molecule has 22 heavy (non-hydrogen) atoms. The summed E-state index contributed by atoms with van der Waals surface area (Å²) < 4.78 is 1.90. The van der Waals surface area contributed by atoms with E-state index in [0.717, 1.165) is 31.4 Å². The van der Waals surface area contributed by atoms with Gasteiger partial charge < -0.3 is 5.32 Å². The van der Waals surface area contributed by atoms with Gasteiger partial charge in [0.1, 0.15) is 0 Å². The number of carbonyl (C=O) groups excluding carboxylic acids is 1. The van der Waals surface area contributed by atoms with Crippen molar-refractivity contribution in [2.75, 3.05) is 0 Å². The van der Waals surface area contributed by atoms with Gasteiger partial charge >= 0.3 is 0 Å². The summed E-state index contributed by atoms with van der Waals surface area (Å²) in [4.78, 5) is 12.2. The monoisotopic (exact) mass is 295 g/mol. The summed E-state index contributed by atoms with van der Waals surface area (Å²) in [6.07, 6.45) is 10.8. The molecule has 0 spiro atoms. The molecule has 3 rings (SSSR count). The predicted octanol–water partition coefficient (Wildman–Crippen LogP) is 2.90. The van der Waals surface area contributed by atoms with Crippen LogP contribution in [0.2, 0.25) is 0 Å². The maximum Gasteiger partial charge on any atom is 0.223 e. The van der Waals surface area contributed by atoms with Gasteiger partial charge in [0.2, 0.25) is 5.91 Å². The van der Waals surface area contributed by atoms with Gasteiger partial charge in [-0.2, -0.15) is 5.10 Å².